The Balaban J connectivity index is 0. The van der Waals surface area contributed by atoms with Crippen LogP contribution in [-0.4, -0.2) is 22.4 Å². The summed E-state index contributed by atoms with van der Waals surface area (Å²) in [5.74, 6) is 0. The Morgan fingerprint density at radius 3 is 1.29 bits per heavy atom. The molecule has 0 spiro atoms. The number of aromatic nitrogens is 2. The molecule has 5 rings (SSSR count). The quantitative estimate of drug-likeness (QED) is 0.126. The molecule has 0 fully saturated rings. The van der Waals surface area contributed by atoms with E-state index in [0.717, 1.165) is 45.0 Å². The van der Waals surface area contributed by atoms with Gasteiger partial charge in [0, 0.05) is 53.2 Å². The fourth-order valence-electron chi connectivity index (χ4n) is 4.92. The molecule has 0 N–H and O–H groups in total. The maximum atomic E-state index is 4.76. The summed E-state index contributed by atoms with van der Waals surface area (Å²) in [6.45, 7) is 10.7. The summed E-state index contributed by atoms with van der Waals surface area (Å²) >= 11 is 0. The minimum atomic E-state index is 0. The molecule has 0 amide bonds. The van der Waals surface area contributed by atoms with Gasteiger partial charge in [-0.25, -0.2) is 0 Å². The Morgan fingerprint density at radius 2 is 0.889 bits per heavy atom. The van der Waals surface area contributed by atoms with Crippen molar-refractivity contribution in [2.24, 2.45) is 9.98 Å². The second-order valence-corrected chi connectivity index (χ2v) is 9.97. The number of aliphatic imine (C=N–C) groups is 2. The number of benzene rings is 3. The van der Waals surface area contributed by atoms with Crippen molar-refractivity contribution >= 4 is 73.4 Å². The zero-order valence-corrected chi connectivity index (χ0v) is 31.7. The second kappa shape index (κ2) is 20.8. The third-order valence-corrected chi connectivity index (χ3v) is 6.89. The van der Waals surface area contributed by atoms with Crippen molar-refractivity contribution < 1.29 is 40.8 Å². The molecule has 45 heavy (non-hydrogen) atoms. The first-order chi connectivity index (χ1) is 18.9. The molecule has 0 aliphatic carbocycles. The van der Waals surface area contributed by atoms with Gasteiger partial charge in [0.2, 0.25) is 0 Å². The van der Waals surface area contributed by atoms with E-state index in [-0.39, 0.29) is 90.5 Å². The number of hydrogen-bond donors (Lipinski definition) is 0. The van der Waals surface area contributed by atoms with Crippen LogP contribution in [0.1, 0.15) is 39.2 Å². The van der Waals surface area contributed by atoms with Crippen LogP contribution >= 0.6 is 49.6 Å². The molecule has 0 saturated carbocycles. The van der Waals surface area contributed by atoms with Crippen molar-refractivity contribution in [1.82, 2.24) is 9.97 Å². The van der Waals surface area contributed by atoms with Gasteiger partial charge in [-0.05, 0) is 139 Å². The summed E-state index contributed by atoms with van der Waals surface area (Å²) in [4.78, 5) is 18.2. The molecule has 0 unspecified atom stereocenters. The fourth-order valence-corrected chi connectivity index (χ4v) is 4.92. The molecule has 0 saturated heterocycles. The van der Waals surface area contributed by atoms with Crippen molar-refractivity contribution in [3.8, 4) is 22.3 Å². The Hall–Kier alpha value is -2.22. The number of nitrogens with zero attached hydrogens (tertiary/aromatic N) is 4. The summed E-state index contributed by atoms with van der Waals surface area (Å²) in [7, 11) is 0. The van der Waals surface area contributed by atoms with Gasteiger partial charge in [-0.1, -0.05) is 24.3 Å². The topological polar surface area (TPSA) is 50.5 Å². The third kappa shape index (κ3) is 11.2. The maximum absolute atomic E-state index is 4.76. The van der Waals surface area contributed by atoms with Crippen molar-refractivity contribution in [3.05, 3.63) is 130 Å². The van der Waals surface area contributed by atoms with E-state index in [1.807, 2.05) is 48.8 Å². The fraction of sp³-hybridized carbons (Fsp3) is 0.143. The molecule has 3 aromatic carbocycles. The molecule has 0 aliphatic rings. The van der Waals surface area contributed by atoms with Crippen LogP contribution in [-0.2, 0) is 40.8 Å². The van der Waals surface area contributed by atoms with E-state index < -0.39 is 0 Å². The van der Waals surface area contributed by atoms with Gasteiger partial charge in [0.05, 0.1) is 35.2 Å². The van der Waals surface area contributed by atoms with Gasteiger partial charge in [-0.2, -0.15) is 0 Å². The Morgan fingerprint density at radius 1 is 0.467 bits per heavy atom. The smallest absolute Gasteiger partial charge is 0.0812 e. The molecule has 0 radical (unpaired) electrons. The average Bonchev–Trinajstić information content (AvgIpc) is 2.93. The van der Waals surface area contributed by atoms with Crippen LogP contribution < -0.4 is 0 Å². The second-order valence-electron chi connectivity index (χ2n) is 9.97. The van der Waals surface area contributed by atoms with Crippen LogP contribution in [0.2, 0.25) is 0 Å². The largest absolute Gasteiger partial charge is 0.255 e. The molecule has 0 bridgehead atoms. The van der Waals surface area contributed by atoms with Gasteiger partial charge >= 0.3 is 0 Å². The predicted octanol–water partition coefficient (Wildman–Crippen LogP) is 10.5. The SMILES string of the molecule is Cc1ccc(-c2cc(C)c(N=Cc3ccccn3)c(C)c2)cc1-c1cc(C)c(N=Cc2ccccn2)c(C)c1.Cl.Cl.Cl.Cl.[Pd].[Pd]. The first-order valence-corrected chi connectivity index (χ1v) is 13.1. The van der Waals surface area contributed by atoms with E-state index in [1.165, 1.54) is 27.8 Å². The normalized spacial score (nSPS) is 9.98. The van der Waals surface area contributed by atoms with Crippen LogP contribution in [0.25, 0.3) is 22.3 Å². The Labute approximate surface area is 319 Å². The van der Waals surface area contributed by atoms with Crippen LogP contribution in [0.5, 0.6) is 0 Å². The molecule has 2 heterocycles. The van der Waals surface area contributed by atoms with Crippen molar-refractivity contribution in [3.63, 3.8) is 0 Å². The first kappa shape index (κ1) is 44.9. The molecular weight excluding hydrogens is 831 g/mol. The molecule has 5 aromatic rings. The maximum Gasteiger partial charge on any atom is 0.0812 e. The predicted molar refractivity (Wildman–Crippen MR) is 193 cm³/mol. The first-order valence-electron chi connectivity index (χ1n) is 13.1. The van der Waals surface area contributed by atoms with Crippen LogP contribution in [0.4, 0.5) is 11.4 Å². The van der Waals surface area contributed by atoms with Gasteiger partial charge in [-0.3, -0.25) is 20.0 Å². The summed E-state index contributed by atoms with van der Waals surface area (Å²) in [5, 5.41) is 0. The van der Waals surface area contributed by atoms with Crippen molar-refractivity contribution in [1.29, 1.82) is 0 Å². The van der Waals surface area contributed by atoms with Crippen molar-refractivity contribution in [2.75, 3.05) is 0 Å². The zero-order chi connectivity index (χ0) is 27.4. The van der Waals surface area contributed by atoms with Crippen molar-refractivity contribution in [2.45, 2.75) is 34.6 Å². The van der Waals surface area contributed by atoms with Gasteiger partial charge in [0.1, 0.15) is 0 Å². The van der Waals surface area contributed by atoms with Gasteiger partial charge < -0.3 is 0 Å². The average molecular weight is 867 g/mol. The van der Waals surface area contributed by atoms with Gasteiger partial charge in [0.25, 0.3) is 0 Å². The number of rotatable bonds is 6. The molecular formula is C35H36Cl4N4Pd2. The number of aryl methyl sites for hydroxylation is 5. The van der Waals surface area contributed by atoms with Gasteiger partial charge in [0.15, 0.2) is 0 Å². The van der Waals surface area contributed by atoms with Crippen LogP contribution in [0, 0.1) is 34.6 Å². The number of halogens is 4. The molecule has 2 aromatic heterocycles. The molecule has 10 heteroatoms. The third-order valence-electron chi connectivity index (χ3n) is 6.89. The molecule has 244 valence electrons. The van der Waals surface area contributed by atoms with E-state index >= 15 is 0 Å². The Bertz CT molecular complexity index is 1670. The Kier molecular flexibility index (Phi) is 20.8. The molecule has 4 nitrogen and oxygen atoms in total. The summed E-state index contributed by atoms with van der Waals surface area (Å²) in [6, 6.07) is 27.3. The van der Waals surface area contributed by atoms with E-state index in [1.54, 1.807) is 12.4 Å². The summed E-state index contributed by atoms with van der Waals surface area (Å²) in [5.41, 5.74) is 14.3. The van der Waals surface area contributed by atoms with E-state index in [9.17, 15) is 0 Å². The summed E-state index contributed by atoms with van der Waals surface area (Å²) < 4.78 is 0. The molecule has 0 atom stereocenters. The molecule has 0 aliphatic heterocycles. The standard InChI is InChI=1S/C35H32N4.4ClH.2Pd/c1-23-12-13-28(29-16-24(2)34(25(3)17-29)38-21-31-10-6-8-14-36-31)20-33(23)30-18-26(4)35(27(5)19-30)39-22-32-11-7-9-15-37-32;;;;;;/h6-22H,1-5H3;4*1H;;. The number of pyridine rings is 2. The number of hydrogen-bond acceptors (Lipinski definition) is 4. The minimum absolute atomic E-state index is 0. The van der Waals surface area contributed by atoms with Crippen LogP contribution in [0.3, 0.4) is 0 Å². The monoisotopic (exact) mass is 864 g/mol. The minimum Gasteiger partial charge on any atom is -0.255 e. The van der Waals surface area contributed by atoms with E-state index in [0.29, 0.717) is 0 Å². The zero-order valence-electron chi connectivity index (χ0n) is 25.4. The summed E-state index contributed by atoms with van der Waals surface area (Å²) in [6.07, 6.45) is 7.22. The van der Waals surface area contributed by atoms with E-state index in [4.69, 9.17) is 9.98 Å². The van der Waals surface area contributed by atoms with Gasteiger partial charge in [-0.15, -0.1) is 49.6 Å². The van der Waals surface area contributed by atoms with E-state index in [2.05, 4.69) is 87.1 Å². The van der Waals surface area contributed by atoms with Crippen LogP contribution in [0.15, 0.2) is 101 Å².